The van der Waals surface area contributed by atoms with E-state index >= 15 is 0 Å². The van der Waals surface area contributed by atoms with Crippen molar-refractivity contribution in [3.63, 3.8) is 0 Å². The lowest BCUT2D eigenvalue weighted by molar-refractivity contribution is 0.565. The largest absolute Gasteiger partial charge is 0.369 e. The molecule has 78 valence electrons. The molecule has 1 saturated heterocycles. The number of hydrogen-bond acceptors (Lipinski definition) is 4. The second kappa shape index (κ2) is 4.73. The molecule has 0 atom stereocenters. The first-order valence-corrected chi connectivity index (χ1v) is 5.04. The Morgan fingerprint density at radius 3 is 2.87 bits per heavy atom. The van der Waals surface area contributed by atoms with Gasteiger partial charge in [-0.05, 0) is 18.2 Å². The van der Waals surface area contributed by atoms with Gasteiger partial charge >= 0.3 is 0 Å². The van der Waals surface area contributed by atoms with Gasteiger partial charge in [0.25, 0.3) is 0 Å². The quantitative estimate of drug-likeness (QED) is 0.577. The molecule has 0 amide bonds. The van der Waals surface area contributed by atoms with Gasteiger partial charge in [-0.3, -0.25) is 0 Å². The van der Waals surface area contributed by atoms with E-state index in [1.807, 2.05) is 18.2 Å². The third-order valence-corrected chi connectivity index (χ3v) is 2.49. The fourth-order valence-electron chi connectivity index (χ4n) is 1.74. The van der Waals surface area contributed by atoms with E-state index in [4.69, 9.17) is 0 Å². The van der Waals surface area contributed by atoms with Crippen LogP contribution in [-0.2, 0) is 4.79 Å². The molecule has 1 fully saturated rings. The third kappa shape index (κ3) is 2.43. The Hall–Kier alpha value is -1.64. The van der Waals surface area contributed by atoms with Gasteiger partial charge in [-0.15, -0.1) is 0 Å². The maximum absolute atomic E-state index is 10.1. The Morgan fingerprint density at radius 1 is 1.33 bits per heavy atom. The van der Waals surface area contributed by atoms with Crippen molar-refractivity contribution in [2.75, 3.05) is 31.1 Å². The molecule has 1 aliphatic heterocycles. The first kappa shape index (κ1) is 9.90. The molecule has 1 heterocycles. The molecule has 1 N–H and O–H groups in total. The van der Waals surface area contributed by atoms with Crippen LogP contribution in [0.25, 0.3) is 0 Å². The molecule has 0 unspecified atom stereocenters. The molecule has 0 aromatic heterocycles. The van der Waals surface area contributed by atoms with Crippen molar-refractivity contribution in [3.05, 3.63) is 24.3 Å². The first-order valence-electron chi connectivity index (χ1n) is 5.04. The highest BCUT2D eigenvalue weighted by atomic mass is 16.1. The maximum atomic E-state index is 10.1. The predicted octanol–water partition coefficient (Wildman–Crippen LogP) is 1.06. The van der Waals surface area contributed by atoms with Crippen molar-refractivity contribution in [2.24, 2.45) is 4.99 Å². The van der Waals surface area contributed by atoms with Crippen LogP contribution in [0.1, 0.15) is 0 Å². The number of hydrogen-bond donors (Lipinski definition) is 1. The molecule has 4 heteroatoms. The first-order chi connectivity index (χ1) is 7.40. The molecule has 0 saturated carbocycles. The molecule has 0 bridgehead atoms. The standard InChI is InChI=1S/C11H13N3O/c15-9-13-10-2-1-3-11(8-10)14-6-4-12-5-7-14/h1-3,8,12H,4-7H2. The van der Waals surface area contributed by atoms with E-state index in [0.29, 0.717) is 5.69 Å². The molecule has 0 spiro atoms. The maximum Gasteiger partial charge on any atom is 0.240 e. The number of piperazine rings is 1. The Kier molecular flexibility index (Phi) is 3.12. The minimum absolute atomic E-state index is 0.668. The average molecular weight is 203 g/mol. The minimum atomic E-state index is 0.668. The van der Waals surface area contributed by atoms with Crippen molar-refractivity contribution in [3.8, 4) is 0 Å². The van der Waals surface area contributed by atoms with Crippen LogP contribution in [-0.4, -0.2) is 32.3 Å². The summed E-state index contributed by atoms with van der Waals surface area (Å²) in [5, 5.41) is 3.30. The van der Waals surface area contributed by atoms with Crippen LogP contribution in [0.5, 0.6) is 0 Å². The SMILES string of the molecule is O=C=Nc1cccc(N2CCNCC2)c1. The van der Waals surface area contributed by atoms with Gasteiger partial charge in [0.2, 0.25) is 6.08 Å². The molecule has 0 aliphatic carbocycles. The number of anilines is 1. The van der Waals surface area contributed by atoms with Crippen LogP contribution in [0.15, 0.2) is 29.3 Å². The summed E-state index contributed by atoms with van der Waals surface area (Å²) in [5.41, 5.74) is 1.79. The lowest BCUT2D eigenvalue weighted by Crippen LogP contribution is -2.43. The van der Waals surface area contributed by atoms with Crippen molar-refractivity contribution in [2.45, 2.75) is 0 Å². The van der Waals surface area contributed by atoms with E-state index in [9.17, 15) is 4.79 Å². The molecule has 4 nitrogen and oxygen atoms in total. The van der Waals surface area contributed by atoms with Crippen molar-refractivity contribution >= 4 is 17.5 Å². The van der Waals surface area contributed by atoms with E-state index in [1.54, 1.807) is 12.1 Å². The molecule has 1 aliphatic rings. The fraction of sp³-hybridized carbons (Fsp3) is 0.364. The fourth-order valence-corrected chi connectivity index (χ4v) is 1.74. The summed E-state index contributed by atoms with van der Waals surface area (Å²) in [6.07, 6.45) is 1.56. The molecule has 1 aromatic carbocycles. The molecular weight excluding hydrogens is 190 g/mol. The summed E-state index contributed by atoms with van der Waals surface area (Å²) in [5.74, 6) is 0. The van der Waals surface area contributed by atoms with Crippen molar-refractivity contribution in [1.29, 1.82) is 0 Å². The zero-order chi connectivity index (χ0) is 10.5. The second-order valence-electron chi connectivity index (χ2n) is 3.46. The van der Waals surface area contributed by atoms with Crippen LogP contribution in [0.2, 0.25) is 0 Å². The minimum Gasteiger partial charge on any atom is -0.369 e. The predicted molar refractivity (Wildman–Crippen MR) is 59.3 cm³/mol. The molecular formula is C11H13N3O. The van der Waals surface area contributed by atoms with Gasteiger partial charge in [-0.2, -0.15) is 4.99 Å². The number of isocyanates is 1. The lowest BCUT2D eigenvalue weighted by Gasteiger charge is -2.29. The van der Waals surface area contributed by atoms with Crippen LogP contribution < -0.4 is 10.2 Å². The summed E-state index contributed by atoms with van der Waals surface area (Å²) >= 11 is 0. The van der Waals surface area contributed by atoms with Crippen LogP contribution in [0.4, 0.5) is 11.4 Å². The van der Waals surface area contributed by atoms with E-state index < -0.39 is 0 Å². The Labute approximate surface area is 88.6 Å². The number of aliphatic imine (C=N–C) groups is 1. The summed E-state index contributed by atoms with van der Waals surface area (Å²) in [7, 11) is 0. The number of rotatable bonds is 2. The molecule has 0 radical (unpaired) electrons. The van der Waals surface area contributed by atoms with Gasteiger partial charge in [-0.25, -0.2) is 4.79 Å². The lowest BCUT2D eigenvalue weighted by atomic mass is 10.2. The molecule has 15 heavy (non-hydrogen) atoms. The van der Waals surface area contributed by atoms with Gasteiger partial charge in [-0.1, -0.05) is 6.07 Å². The number of benzene rings is 1. The third-order valence-electron chi connectivity index (χ3n) is 2.49. The zero-order valence-electron chi connectivity index (χ0n) is 8.44. The van der Waals surface area contributed by atoms with Gasteiger partial charge < -0.3 is 10.2 Å². The molecule has 2 rings (SSSR count). The van der Waals surface area contributed by atoms with Gasteiger partial charge in [0.1, 0.15) is 0 Å². The number of nitrogens with one attached hydrogen (secondary N) is 1. The van der Waals surface area contributed by atoms with E-state index in [-0.39, 0.29) is 0 Å². The Morgan fingerprint density at radius 2 is 2.13 bits per heavy atom. The van der Waals surface area contributed by atoms with Crippen LogP contribution in [0.3, 0.4) is 0 Å². The topological polar surface area (TPSA) is 44.7 Å². The number of carbonyl (C=O) groups excluding carboxylic acids is 1. The Bertz CT molecular complexity index is 379. The van der Waals surface area contributed by atoms with Gasteiger partial charge in [0.05, 0.1) is 5.69 Å². The van der Waals surface area contributed by atoms with Crippen LogP contribution >= 0.6 is 0 Å². The zero-order valence-corrected chi connectivity index (χ0v) is 8.44. The van der Waals surface area contributed by atoms with E-state index in [1.165, 1.54) is 0 Å². The summed E-state index contributed by atoms with van der Waals surface area (Å²) in [4.78, 5) is 16.0. The summed E-state index contributed by atoms with van der Waals surface area (Å²) in [6, 6.07) is 7.66. The van der Waals surface area contributed by atoms with Gasteiger partial charge in [0, 0.05) is 31.9 Å². The van der Waals surface area contributed by atoms with Crippen LogP contribution in [0, 0.1) is 0 Å². The highest BCUT2D eigenvalue weighted by Gasteiger charge is 2.09. The van der Waals surface area contributed by atoms with E-state index in [0.717, 1.165) is 31.9 Å². The van der Waals surface area contributed by atoms with Crippen molar-refractivity contribution in [1.82, 2.24) is 5.32 Å². The monoisotopic (exact) mass is 203 g/mol. The smallest absolute Gasteiger partial charge is 0.240 e. The van der Waals surface area contributed by atoms with Crippen molar-refractivity contribution < 1.29 is 4.79 Å². The Balaban J connectivity index is 2.19. The van der Waals surface area contributed by atoms with E-state index in [2.05, 4.69) is 15.2 Å². The molecule has 1 aromatic rings. The van der Waals surface area contributed by atoms with Gasteiger partial charge in [0.15, 0.2) is 0 Å². The summed E-state index contributed by atoms with van der Waals surface area (Å²) in [6.45, 7) is 3.99. The average Bonchev–Trinajstić information content (AvgIpc) is 2.31. The normalized spacial score (nSPS) is 15.9. The number of nitrogens with zero attached hydrogens (tertiary/aromatic N) is 2. The summed E-state index contributed by atoms with van der Waals surface area (Å²) < 4.78 is 0. The second-order valence-corrected chi connectivity index (χ2v) is 3.46. The highest BCUT2D eigenvalue weighted by Crippen LogP contribution is 2.21. The highest BCUT2D eigenvalue weighted by molar-refractivity contribution is 5.58.